The standard InChI is InChI=1S/C22H31BN2O9/c1-12(2)7-16(23-33-19(29)10-22(34-23,21(31)32)9-18(27)28)25-17(26)11-24-20(30)15-8-13(3)5-6-14(15)4/h5-6,8,12,14-16H,7,9-11H2,1-4H3,(H,24,30)(H,25,26)(H,27,28)(H,31,32). The first-order chi connectivity index (χ1) is 15.8. The molecule has 0 aromatic carbocycles. The van der Waals surface area contributed by atoms with E-state index in [2.05, 4.69) is 10.6 Å². The van der Waals surface area contributed by atoms with Crippen molar-refractivity contribution >= 4 is 36.8 Å². The molecule has 4 atom stereocenters. The number of nitrogens with one attached hydrogen (secondary N) is 2. The number of aliphatic carboxylic acids is 2. The van der Waals surface area contributed by atoms with Gasteiger partial charge in [-0.15, -0.1) is 0 Å². The van der Waals surface area contributed by atoms with Crippen LogP contribution in [0.2, 0.25) is 0 Å². The number of carbonyl (C=O) groups is 5. The van der Waals surface area contributed by atoms with E-state index in [1.165, 1.54) is 0 Å². The Balaban J connectivity index is 2.09. The van der Waals surface area contributed by atoms with E-state index >= 15 is 0 Å². The Labute approximate surface area is 198 Å². The van der Waals surface area contributed by atoms with Crippen molar-refractivity contribution in [2.45, 2.75) is 58.5 Å². The highest BCUT2D eigenvalue weighted by atomic mass is 16.6. The zero-order valence-corrected chi connectivity index (χ0v) is 19.7. The minimum Gasteiger partial charge on any atom is -0.508 e. The maximum absolute atomic E-state index is 12.6. The van der Waals surface area contributed by atoms with Crippen LogP contribution in [0.1, 0.15) is 47.0 Å². The maximum atomic E-state index is 12.6. The van der Waals surface area contributed by atoms with E-state index < -0.39 is 61.2 Å². The van der Waals surface area contributed by atoms with Crippen LogP contribution in [0, 0.1) is 17.8 Å². The fraction of sp³-hybridized carbons (Fsp3) is 0.591. The molecular weight excluding hydrogens is 447 g/mol. The molecule has 1 aliphatic carbocycles. The maximum Gasteiger partial charge on any atom is 0.552 e. The third-order valence-corrected chi connectivity index (χ3v) is 5.64. The molecule has 1 fully saturated rings. The largest absolute Gasteiger partial charge is 0.552 e. The van der Waals surface area contributed by atoms with Crippen molar-refractivity contribution < 1.29 is 43.5 Å². The smallest absolute Gasteiger partial charge is 0.508 e. The number of amides is 2. The lowest BCUT2D eigenvalue weighted by Gasteiger charge is -2.37. The van der Waals surface area contributed by atoms with Crippen LogP contribution in [0.4, 0.5) is 0 Å². The van der Waals surface area contributed by atoms with Gasteiger partial charge in [0.2, 0.25) is 11.8 Å². The SMILES string of the molecule is CC1=CC(C(=O)NCC(=O)NC(CC(C)C)B2OC(=O)CC(CC(=O)O)(C(=O)O)O2)C(C)C=C1. The van der Waals surface area contributed by atoms with E-state index in [4.69, 9.17) is 14.4 Å². The van der Waals surface area contributed by atoms with Gasteiger partial charge in [0.1, 0.15) is 0 Å². The van der Waals surface area contributed by atoms with Crippen molar-refractivity contribution in [3.05, 3.63) is 23.8 Å². The van der Waals surface area contributed by atoms with Crippen LogP contribution in [0.25, 0.3) is 0 Å². The summed E-state index contributed by atoms with van der Waals surface area (Å²) < 4.78 is 10.6. The van der Waals surface area contributed by atoms with Crippen molar-refractivity contribution in [2.75, 3.05) is 6.54 Å². The molecular formula is C22H31BN2O9. The molecule has 1 saturated heterocycles. The van der Waals surface area contributed by atoms with E-state index in [1.807, 2.05) is 45.9 Å². The van der Waals surface area contributed by atoms with E-state index in [1.54, 1.807) is 0 Å². The summed E-state index contributed by atoms with van der Waals surface area (Å²) in [4.78, 5) is 60.3. The average Bonchev–Trinajstić information content (AvgIpc) is 2.71. The fourth-order valence-electron chi connectivity index (χ4n) is 3.92. The minimum absolute atomic E-state index is 0.0224. The van der Waals surface area contributed by atoms with Crippen molar-refractivity contribution in [3.63, 3.8) is 0 Å². The van der Waals surface area contributed by atoms with Gasteiger partial charge in [-0.25, -0.2) is 4.79 Å². The normalized spacial score (nSPS) is 25.3. The molecule has 0 bridgehead atoms. The van der Waals surface area contributed by atoms with Crippen molar-refractivity contribution in [3.8, 4) is 0 Å². The molecule has 0 aromatic rings. The van der Waals surface area contributed by atoms with Crippen molar-refractivity contribution in [2.24, 2.45) is 17.8 Å². The van der Waals surface area contributed by atoms with Gasteiger partial charge >= 0.3 is 19.1 Å². The zero-order valence-electron chi connectivity index (χ0n) is 19.7. The van der Waals surface area contributed by atoms with E-state index in [-0.39, 0.29) is 30.7 Å². The molecule has 0 saturated carbocycles. The lowest BCUT2D eigenvalue weighted by Crippen LogP contribution is -2.61. The first kappa shape index (κ1) is 27.1. The third kappa shape index (κ3) is 7.18. The molecule has 2 aliphatic rings. The summed E-state index contributed by atoms with van der Waals surface area (Å²) in [5.41, 5.74) is -1.37. The van der Waals surface area contributed by atoms with E-state index in [0.29, 0.717) is 0 Å². The molecule has 0 aromatic heterocycles. The summed E-state index contributed by atoms with van der Waals surface area (Å²) in [5, 5.41) is 23.9. The second-order valence-electron chi connectivity index (χ2n) is 9.20. The molecule has 4 unspecified atom stereocenters. The van der Waals surface area contributed by atoms with Crippen LogP contribution in [0.3, 0.4) is 0 Å². The van der Waals surface area contributed by atoms with Gasteiger partial charge in [0, 0.05) is 0 Å². The lowest BCUT2D eigenvalue weighted by molar-refractivity contribution is -0.175. The number of carboxylic acids is 2. The second-order valence-corrected chi connectivity index (χ2v) is 9.20. The van der Waals surface area contributed by atoms with Crippen LogP contribution in [-0.2, 0) is 33.3 Å². The highest BCUT2D eigenvalue weighted by Crippen LogP contribution is 2.30. The summed E-state index contributed by atoms with van der Waals surface area (Å²) in [5.74, 6) is -6.37. The first-order valence-corrected chi connectivity index (χ1v) is 11.1. The summed E-state index contributed by atoms with van der Waals surface area (Å²) in [6.07, 6.45) is 4.18. The third-order valence-electron chi connectivity index (χ3n) is 5.64. The highest BCUT2D eigenvalue weighted by Gasteiger charge is 2.54. The lowest BCUT2D eigenvalue weighted by atomic mass is 9.70. The molecule has 1 heterocycles. The van der Waals surface area contributed by atoms with Gasteiger partial charge in [-0.2, -0.15) is 0 Å². The Morgan fingerprint density at radius 1 is 1.26 bits per heavy atom. The quantitative estimate of drug-likeness (QED) is 0.330. The molecule has 34 heavy (non-hydrogen) atoms. The Kier molecular flexibility index (Phi) is 9.03. The zero-order chi connectivity index (χ0) is 25.6. The molecule has 2 amide bonds. The van der Waals surface area contributed by atoms with Crippen LogP contribution in [0.15, 0.2) is 23.8 Å². The summed E-state index contributed by atoms with van der Waals surface area (Å²) in [7, 11) is -1.51. The van der Waals surface area contributed by atoms with Gasteiger partial charge in [0.25, 0.3) is 5.97 Å². The van der Waals surface area contributed by atoms with Crippen molar-refractivity contribution in [1.29, 1.82) is 0 Å². The Morgan fingerprint density at radius 3 is 2.53 bits per heavy atom. The Bertz CT molecular complexity index is 897. The summed E-state index contributed by atoms with van der Waals surface area (Å²) >= 11 is 0. The van der Waals surface area contributed by atoms with Crippen molar-refractivity contribution in [1.82, 2.24) is 10.6 Å². The first-order valence-electron chi connectivity index (χ1n) is 11.1. The topological polar surface area (TPSA) is 168 Å². The number of allylic oxidation sites excluding steroid dienone is 3. The van der Waals surface area contributed by atoms with Gasteiger partial charge in [0.05, 0.1) is 31.2 Å². The predicted octanol–water partition coefficient (Wildman–Crippen LogP) is 0.691. The number of hydrogen-bond acceptors (Lipinski definition) is 7. The molecule has 4 N–H and O–H groups in total. The van der Waals surface area contributed by atoms with Crippen LogP contribution >= 0.6 is 0 Å². The van der Waals surface area contributed by atoms with Gasteiger partial charge in [-0.05, 0) is 25.2 Å². The number of carboxylic acid groups (broad SMARTS) is 2. The molecule has 2 rings (SSSR count). The van der Waals surface area contributed by atoms with Gasteiger partial charge < -0.3 is 30.2 Å². The van der Waals surface area contributed by atoms with Gasteiger partial charge in [-0.3, -0.25) is 19.2 Å². The van der Waals surface area contributed by atoms with Gasteiger partial charge in [-0.1, -0.05) is 44.6 Å². The highest BCUT2D eigenvalue weighted by molar-refractivity contribution is 6.50. The predicted molar refractivity (Wildman–Crippen MR) is 120 cm³/mol. The minimum atomic E-state index is -2.31. The second kappa shape index (κ2) is 11.3. The summed E-state index contributed by atoms with van der Waals surface area (Å²) in [6.45, 7) is 7.08. The molecule has 0 spiro atoms. The summed E-state index contributed by atoms with van der Waals surface area (Å²) in [6, 6.07) is 0. The molecule has 1 aliphatic heterocycles. The molecule has 12 heteroatoms. The fourth-order valence-corrected chi connectivity index (χ4v) is 3.92. The van der Waals surface area contributed by atoms with Gasteiger partial charge in [0.15, 0.2) is 5.60 Å². The molecule has 186 valence electrons. The Hall–Kier alpha value is -3.15. The van der Waals surface area contributed by atoms with Crippen LogP contribution in [-0.4, -0.2) is 65.1 Å². The van der Waals surface area contributed by atoms with Crippen LogP contribution in [0.5, 0.6) is 0 Å². The molecule has 0 radical (unpaired) electrons. The van der Waals surface area contributed by atoms with E-state index in [0.717, 1.165) is 5.57 Å². The number of carbonyl (C=O) groups excluding carboxylic acids is 3. The molecule has 11 nitrogen and oxygen atoms in total. The number of rotatable bonds is 10. The number of hydrogen-bond donors (Lipinski definition) is 4. The van der Waals surface area contributed by atoms with Crippen LogP contribution < -0.4 is 10.6 Å². The average molecular weight is 478 g/mol. The monoisotopic (exact) mass is 478 g/mol. The van der Waals surface area contributed by atoms with E-state index in [9.17, 15) is 29.1 Å². The Morgan fingerprint density at radius 2 is 1.94 bits per heavy atom.